The Hall–Kier alpha value is -1.51. The molecule has 0 heterocycles. The second-order valence-corrected chi connectivity index (χ2v) is 3.66. The van der Waals surface area contributed by atoms with Gasteiger partial charge in [0.2, 0.25) is 0 Å². The van der Waals surface area contributed by atoms with Gasteiger partial charge in [0.1, 0.15) is 5.78 Å². The van der Waals surface area contributed by atoms with Crippen molar-refractivity contribution in [1.29, 1.82) is 0 Å². The van der Waals surface area contributed by atoms with E-state index in [1.807, 2.05) is 0 Å². The maximum atomic E-state index is 11.4. The van der Waals surface area contributed by atoms with Crippen LogP contribution in [0.4, 0.5) is 0 Å². The average Bonchev–Trinajstić information content (AvgIpc) is 2.57. The zero-order chi connectivity index (χ0) is 10.1. The summed E-state index contributed by atoms with van der Waals surface area (Å²) in [4.78, 5) is 11.4. The van der Waals surface area contributed by atoms with E-state index in [1.54, 1.807) is 6.07 Å². The molecule has 1 aromatic rings. The zero-order valence-corrected chi connectivity index (χ0v) is 7.73. The number of carbonyl (C=O) groups is 1. The van der Waals surface area contributed by atoms with Gasteiger partial charge in [-0.2, -0.15) is 0 Å². The number of benzene rings is 1. The van der Waals surface area contributed by atoms with Crippen LogP contribution < -0.4 is 0 Å². The molecule has 3 heteroatoms. The van der Waals surface area contributed by atoms with Gasteiger partial charge in [0.05, 0.1) is 0 Å². The molecule has 1 atom stereocenters. The van der Waals surface area contributed by atoms with E-state index in [9.17, 15) is 9.90 Å². The van der Waals surface area contributed by atoms with Crippen LogP contribution in [0, 0.1) is 0 Å². The molecule has 14 heavy (non-hydrogen) atoms. The fraction of sp³-hybridized carbons (Fsp3) is 0.364. The zero-order valence-electron chi connectivity index (χ0n) is 7.73. The molecule has 0 spiro atoms. The summed E-state index contributed by atoms with van der Waals surface area (Å²) in [6.45, 7) is 0. The lowest BCUT2D eigenvalue weighted by atomic mass is 9.96. The number of ketones is 1. The molecule has 1 fully saturated rings. The van der Waals surface area contributed by atoms with Crippen LogP contribution in [0.5, 0.6) is 11.5 Å². The first kappa shape index (κ1) is 9.06. The molecule has 2 N–H and O–H groups in total. The molecule has 1 aliphatic carbocycles. The molecule has 0 amide bonds. The highest BCUT2D eigenvalue weighted by Crippen LogP contribution is 2.35. The molecular formula is C11H12O3. The minimum Gasteiger partial charge on any atom is -0.504 e. The summed E-state index contributed by atoms with van der Waals surface area (Å²) >= 11 is 0. The summed E-state index contributed by atoms with van der Waals surface area (Å²) in [6, 6.07) is 4.60. The molecule has 2 rings (SSSR count). The Morgan fingerprint density at radius 3 is 2.57 bits per heavy atom. The van der Waals surface area contributed by atoms with Crippen molar-refractivity contribution in [3.8, 4) is 11.5 Å². The van der Waals surface area contributed by atoms with Gasteiger partial charge in [-0.3, -0.25) is 4.79 Å². The Balaban J connectivity index is 2.32. The second-order valence-electron chi connectivity index (χ2n) is 3.66. The van der Waals surface area contributed by atoms with Gasteiger partial charge >= 0.3 is 0 Å². The number of rotatable bonds is 1. The lowest BCUT2D eigenvalue weighted by Gasteiger charge is -2.08. The molecule has 74 valence electrons. The summed E-state index contributed by atoms with van der Waals surface area (Å²) in [5, 5.41) is 18.4. The van der Waals surface area contributed by atoms with Gasteiger partial charge in [0.25, 0.3) is 0 Å². The van der Waals surface area contributed by atoms with Crippen LogP contribution in [-0.4, -0.2) is 16.0 Å². The van der Waals surface area contributed by atoms with E-state index in [0.717, 1.165) is 18.4 Å². The summed E-state index contributed by atoms with van der Waals surface area (Å²) in [5.41, 5.74) is 0.808. The summed E-state index contributed by atoms with van der Waals surface area (Å²) in [5.74, 6) is -0.141. The molecule has 0 radical (unpaired) electrons. The van der Waals surface area contributed by atoms with Crippen molar-refractivity contribution < 1.29 is 15.0 Å². The van der Waals surface area contributed by atoms with Gasteiger partial charge in [-0.05, 0) is 30.5 Å². The molecule has 1 saturated carbocycles. The first-order valence-corrected chi connectivity index (χ1v) is 4.73. The third-order valence-corrected chi connectivity index (χ3v) is 2.71. The van der Waals surface area contributed by atoms with Crippen molar-refractivity contribution >= 4 is 5.78 Å². The minimum atomic E-state index is -0.151. The van der Waals surface area contributed by atoms with E-state index >= 15 is 0 Å². The SMILES string of the molecule is O=C1CCCC1c1ccc(O)c(O)c1. The normalized spacial score (nSPS) is 21.4. The summed E-state index contributed by atoms with van der Waals surface area (Å²) in [6.07, 6.45) is 2.40. The van der Waals surface area contributed by atoms with Crippen LogP contribution in [0.15, 0.2) is 18.2 Å². The molecule has 3 nitrogen and oxygen atoms in total. The highest BCUT2D eigenvalue weighted by atomic mass is 16.3. The van der Waals surface area contributed by atoms with Crippen LogP contribution in [0.2, 0.25) is 0 Å². The van der Waals surface area contributed by atoms with E-state index in [0.29, 0.717) is 6.42 Å². The van der Waals surface area contributed by atoms with Gasteiger partial charge in [-0.1, -0.05) is 6.07 Å². The Labute approximate surface area is 82.0 Å². The van der Waals surface area contributed by atoms with Crippen molar-refractivity contribution in [2.24, 2.45) is 0 Å². The van der Waals surface area contributed by atoms with Crippen LogP contribution in [0.1, 0.15) is 30.7 Å². The highest BCUT2D eigenvalue weighted by Gasteiger charge is 2.26. The van der Waals surface area contributed by atoms with Gasteiger partial charge in [-0.25, -0.2) is 0 Å². The lowest BCUT2D eigenvalue weighted by Crippen LogP contribution is -2.03. The van der Waals surface area contributed by atoms with Crippen molar-refractivity contribution in [2.75, 3.05) is 0 Å². The Morgan fingerprint density at radius 1 is 1.21 bits per heavy atom. The number of hydrogen-bond donors (Lipinski definition) is 2. The van der Waals surface area contributed by atoms with Crippen LogP contribution >= 0.6 is 0 Å². The second kappa shape index (κ2) is 3.33. The van der Waals surface area contributed by atoms with E-state index in [-0.39, 0.29) is 23.2 Å². The fourth-order valence-corrected chi connectivity index (χ4v) is 1.93. The predicted molar refractivity (Wildman–Crippen MR) is 51.4 cm³/mol. The molecule has 0 saturated heterocycles. The monoisotopic (exact) mass is 192 g/mol. The topological polar surface area (TPSA) is 57.5 Å². The third-order valence-electron chi connectivity index (χ3n) is 2.71. The lowest BCUT2D eigenvalue weighted by molar-refractivity contribution is -0.118. The first-order chi connectivity index (χ1) is 6.68. The average molecular weight is 192 g/mol. The molecule has 1 unspecified atom stereocenters. The van der Waals surface area contributed by atoms with Crippen LogP contribution in [0.25, 0.3) is 0 Å². The van der Waals surface area contributed by atoms with E-state index in [4.69, 9.17) is 5.11 Å². The first-order valence-electron chi connectivity index (χ1n) is 4.73. The van der Waals surface area contributed by atoms with Crippen LogP contribution in [-0.2, 0) is 4.79 Å². The van der Waals surface area contributed by atoms with E-state index < -0.39 is 0 Å². The quantitative estimate of drug-likeness (QED) is 0.668. The number of phenolic OH excluding ortho intramolecular Hbond substituents is 2. The third kappa shape index (κ3) is 1.45. The van der Waals surface area contributed by atoms with Gasteiger partial charge < -0.3 is 10.2 Å². The molecule has 0 aromatic heterocycles. The number of hydrogen-bond acceptors (Lipinski definition) is 3. The van der Waals surface area contributed by atoms with Gasteiger partial charge in [0.15, 0.2) is 11.5 Å². The van der Waals surface area contributed by atoms with Crippen molar-refractivity contribution in [3.63, 3.8) is 0 Å². The van der Waals surface area contributed by atoms with E-state index in [2.05, 4.69) is 0 Å². The number of Topliss-reactive ketones (excluding diaryl/α,β-unsaturated/α-hetero) is 1. The highest BCUT2D eigenvalue weighted by molar-refractivity contribution is 5.87. The van der Waals surface area contributed by atoms with Crippen molar-refractivity contribution in [1.82, 2.24) is 0 Å². The Morgan fingerprint density at radius 2 is 2.00 bits per heavy atom. The molecule has 1 aliphatic rings. The Kier molecular flexibility index (Phi) is 2.15. The maximum absolute atomic E-state index is 11.4. The van der Waals surface area contributed by atoms with Crippen LogP contribution in [0.3, 0.4) is 0 Å². The van der Waals surface area contributed by atoms with Crippen molar-refractivity contribution in [2.45, 2.75) is 25.2 Å². The number of carbonyl (C=O) groups excluding carboxylic acids is 1. The van der Waals surface area contributed by atoms with Gasteiger partial charge in [-0.15, -0.1) is 0 Å². The molecule has 0 aliphatic heterocycles. The minimum absolute atomic E-state index is 0.0819. The van der Waals surface area contributed by atoms with Gasteiger partial charge in [0, 0.05) is 12.3 Å². The fourth-order valence-electron chi connectivity index (χ4n) is 1.93. The maximum Gasteiger partial charge on any atom is 0.157 e. The molecule has 0 bridgehead atoms. The molecular weight excluding hydrogens is 180 g/mol. The summed E-state index contributed by atoms with van der Waals surface area (Å²) < 4.78 is 0. The largest absolute Gasteiger partial charge is 0.504 e. The number of aromatic hydroxyl groups is 2. The van der Waals surface area contributed by atoms with Crippen molar-refractivity contribution in [3.05, 3.63) is 23.8 Å². The molecule has 1 aromatic carbocycles. The summed E-state index contributed by atoms with van der Waals surface area (Å²) in [7, 11) is 0. The predicted octanol–water partition coefficient (Wildman–Crippen LogP) is 1.93. The Bertz CT molecular complexity index is 371. The number of phenols is 2. The van der Waals surface area contributed by atoms with E-state index in [1.165, 1.54) is 12.1 Å². The smallest absolute Gasteiger partial charge is 0.157 e. The standard InChI is InChI=1S/C11H12O3/c12-9-3-1-2-8(9)7-4-5-10(13)11(14)6-7/h4-6,8,13-14H,1-3H2.